The summed E-state index contributed by atoms with van der Waals surface area (Å²) in [6.07, 6.45) is 2.48. The van der Waals surface area contributed by atoms with E-state index in [1.54, 1.807) is 0 Å². The van der Waals surface area contributed by atoms with Crippen LogP contribution in [0.1, 0.15) is 18.4 Å². The van der Waals surface area contributed by atoms with Crippen LogP contribution in [0.4, 0.5) is 11.4 Å². The van der Waals surface area contributed by atoms with Crippen LogP contribution < -0.4 is 10.6 Å². The molecule has 4 nitrogen and oxygen atoms in total. The number of likely N-dealkylation sites (tertiary alicyclic amines) is 1. The van der Waals surface area contributed by atoms with Gasteiger partial charge in [0, 0.05) is 37.6 Å². The summed E-state index contributed by atoms with van der Waals surface area (Å²) in [6.45, 7) is 1.66. The van der Waals surface area contributed by atoms with Gasteiger partial charge in [-0.15, -0.1) is 24.8 Å². The molecule has 1 aliphatic heterocycles. The van der Waals surface area contributed by atoms with Crippen LogP contribution in [-0.4, -0.2) is 37.0 Å². The molecule has 3 rings (SSSR count). The summed E-state index contributed by atoms with van der Waals surface area (Å²) in [5.74, 6) is 0.209. The Morgan fingerprint density at radius 3 is 2.19 bits per heavy atom. The van der Waals surface area contributed by atoms with Gasteiger partial charge < -0.3 is 15.5 Å². The highest BCUT2D eigenvalue weighted by atomic mass is 35.5. The normalized spacial score (nSPS) is 14.1. The summed E-state index contributed by atoms with van der Waals surface area (Å²) in [4.78, 5) is 16.8. The molecule has 1 saturated heterocycles. The fourth-order valence-electron chi connectivity index (χ4n) is 3.30. The van der Waals surface area contributed by atoms with Gasteiger partial charge in [-0.3, -0.25) is 4.79 Å². The van der Waals surface area contributed by atoms with E-state index in [2.05, 4.69) is 36.2 Å². The van der Waals surface area contributed by atoms with Gasteiger partial charge in [-0.05, 0) is 42.7 Å². The van der Waals surface area contributed by atoms with Gasteiger partial charge in [0.2, 0.25) is 5.91 Å². The summed E-state index contributed by atoms with van der Waals surface area (Å²) in [6, 6.07) is 18.5. The summed E-state index contributed by atoms with van der Waals surface area (Å²) in [7, 11) is 2.14. The van der Waals surface area contributed by atoms with E-state index in [1.807, 2.05) is 35.2 Å². The number of carbonyl (C=O) groups is 1. The Morgan fingerprint density at radius 2 is 1.62 bits per heavy atom. The third-order valence-electron chi connectivity index (χ3n) is 4.86. The van der Waals surface area contributed by atoms with Crippen LogP contribution in [0.15, 0.2) is 54.6 Å². The van der Waals surface area contributed by atoms with E-state index in [1.165, 1.54) is 5.69 Å². The van der Waals surface area contributed by atoms with Crippen molar-refractivity contribution in [3.63, 3.8) is 0 Å². The second kappa shape index (κ2) is 10.3. The van der Waals surface area contributed by atoms with E-state index in [-0.39, 0.29) is 30.7 Å². The van der Waals surface area contributed by atoms with Gasteiger partial charge in [0.1, 0.15) is 0 Å². The number of halogens is 2. The molecule has 0 saturated carbocycles. The first-order valence-corrected chi connectivity index (χ1v) is 8.53. The van der Waals surface area contributed by atoms with Crippen molar-refractivity contribution in [2.24, 2.45) is 0 Å². The van der Waals surface area contributed by atoms with Crippen LogP contribution in [0.25, 0.3) is 0 Å². The molecule has 1 amide bonds. The summed E-state index contributed by atoms with van der Waals surface area (Å²) in [5, 5.41) is 0. The maximum absolute atomic E-state index is 12.5. The predicted molar refractivity (Wildman–Crippen MR) is 114 cm³/mol. The van der Waals surface area contributed by atoms with Crippen molar-refractivity contribution in [3.8, 4) is 0 Å². The number of hydrogen-bond donors (Lipinski definition) is 1. The fourth-order valence-corrected chi connectivity index (χ4v) is 3.30. The number of piperidine rings is 1. The number of benzene rings is 2. The molecule has 26 heavy (non-hydrogen) atoms. The summed E-state index contributed by atoms with van der Waals surface area (Å²) < 4.78 is 0. The van der Waals surface area contributed by atoms with E-state index in [4.69, 9.17) is 5.73 Å². The zero-order chi connectivity index (χ0) is 16.9. The first-order valence-electron chi connectivity index (χ1n) is 8.53. The summed E-state index contributed by atoms with van der Waals surface area (Å²) in [5.41, 5.74) is 8.69. The van der Waals surface area contributed by atoms with Gasteiger partial charge in [-0.1, -0.05) is 30.3 Å². The van der Waals surface area contributed by atoms with Gasteiger partial charge in [0.25, 0.3) is 0 Å². The monoisotopic (exact) mass is 395 g/mol. The minimum atomic E-state index is 0. The van der Waals surface area contributed by atoms with E-state index in [0.29, 0.717) is 12.5 Å². The topological polar surface area (TPSA) is 49.6 Å². The van der Waals surface area contributed by atoms with Gasteiger partial charge in [0.05, 0.1) is 6.42 Å². The van der Waals surface area contributed by atoms with Crippen LogP contribution in [0.2, 0.25) is 0 Å². The molecule has 0 bridgehead atoms. The van der Waals surface area contributed by atoms with Gasteiger partial charge >= 0.3 is 0 Å². The first kappa shape index (κ1) is 22.1. The molecule has 6 heteroatoms. The molecule has 1 fully saturated rings. The number of nitrogens with two attached hydrogens (primary N) is 1. The highest BCUT2D eigenvalue weighted by Gasteiger charge is 2.25. The Bertz CT molecular complexity index is 671. The van der Waals surface area contributed by atoms with Crippen molar-refractivity contribution >= 4 is 42.1 Å². The van der Waals surface area contributed by atoms with Crippen LogP contribution in [0.3, 0.4) is 0 Å². The maximum Gasteiger partial charge on any atom is 0.226 e. The highest BCUT2D eigenvalue weighted by molar-refractivity contribution is 5.85. The molecule has 0 aromatic heterocycles. The minimum absolute atomic E-state index is 0. The molecule has 2 aromatic rings. The Kier molecular flexibility index (Phi) is 8.76. The quantitative estimate of drug-likeness (QED) is 0.801. The average Bonchev–Trinajstić information content (AvgIpc) is 2.64. The molecule has 0 radical (unpaired) electrons. The number of anilines is 2. The van der Waals surface area contributed by atoms with Crippen molar-refractivity contribution in [2.45, 2.75) is 25.3 Å². The molecule has 0 aliphatic carbocycles. The van der Waals surface area contributed by atoms with Crippen molar-refractivity contribution in [2.75, 3.05) is 30.8 Å². The molecule has 142 valence electrons. The van der Waals surface area contributed by atoms with Gasteiger partial charge in [-0.25, -0.2) is 0 Å². The highest BCUT2D eigenvalue weighted by Crippen LogP contribution is 2.22. The molecule has 1 heterocycles. The van der Waals surface area contributed by atoms with Crippen LogP contribution >= 0.6 is 24.8 Å². The van der Waals surface area contributed by atoms with Crippen molar-refractivity contribution in [3.05, 3.63) is 60.2 Å². The van der Waals surface area contributed by atoms with E-state index < -0.39 is 0 Å². The molecule has 0 atom stereocenters. The number of carbonyl (C=O) groups excluding carboxylic acids is 1. The fraction of sp³-hybridized carbons (Fsp3) is 0.350. The predicted octanol–water partition coefficient (Wildman–Crippen LogP) is 3.78. The molecule has 0 spiro atoms. The molecule has 1 aliphatic rings. The number of hydrogen-bond acceptors (Lipinski definition) is 3. The second-order valence-corrected chi connectivity index (χ2v) is 6.48. The van der Waals surface area contributed by atoms with Crippen molar-refractivity contribution in [1.29, 1.82) is 0 Å². The zero-order valence-electron chi connectivity index (χ0n) is 15.0. The van der Waals surface area contributed by atoms with Crippen LogP contribution in [0, 0.1) is 0 Å². The lowest BCUT2D eigenvalue weighted by molar-refractivity contribution is -0.131. The molecular formula is C20H27Cl2N3O. The standard InChI is InChI=1S/C20H25N3O.2ClH/c1-22(18-5-3-2-4-6-18)19-11-13-23(14-12-19)20(24)15-16-7-9-17(21)10-8-16;;/h2-10,19H,11-15,21H2,1H3;2*1H. The van der Waals surface area contributed by atoms with Crippen molar-refractivity contribution < 1.29 is 4.79 Å². The minimum Gasteiger partial charge on any atom is -0.399 e. The second-order valence-electron chi connectivity index (χ2n) is 6.48. The lowest BCUT2D eigenvalue weighted by atomic mass is 10.0. The van der Waals surface area contributed by atoms with Crippen molar-refractivity contribution in [1.82, 2.24) is 4.90 Å². The number of nitrogen functional groups attached to an aromatic ring is 1. The SMILES string of the molecule is CN(c1ccccc1)C1CCN(C(=O)Cc2ccc(N)cc2)CC1.Cl.Cl. The number of amides is 1. The molecule has 2 aromatic carbocycles. The van der Waals surface area contributed by atoms with Crippen LogP contribution in [-0.2, 0) is 11.2 Å². The Morgan fingerprint density at radius 1 is 1.04 bits per heavy atom. The summed E-state index contributed by atoms with van der Waals surface area (Å²) >= 11 is 0. The van der Waals surface area contributed by atoms with Crippen LogP contribution in [0.5, 0.6) is 0 Å². The Labute approximate surface area is 168 Å². The first-order chi connectivity index (χ1) is 11.6. The van der Waals surface area contributed by atoms with Gasteiger partial charge in [0.15, 0.2) is 0 Å². The number of rotatable bonds is 4. The zero-order valence-corrected chi connectivity index (χ0v) is 16.6. The van der Waals surface area contributed by atoms with E-state index >= 15 is 0 Å². The lowest BCUT2D eigenvalue weighted by Gasteiger charge is -2.38. The molecular weight excluding hydrogens is 369 g/mol. The Balaban J connectivity index is 0.00000169. The Hall–Kier alpha value is -1.91. The largest absolute Gasteiger partial charge is 0.399 e. The van der Waals surface area contributed by atoms with Gasteiger partial charge in [-0.2, -0.15) is 0 Å². The molecule has 2 N–H and O–H groups in total. The smallest absolute Gasteiger partial charge is 0.226 e. The third-order valence-corrected chi connectivity index (χ3v) is 4.86. The third kappa shape index (κ3) is 5.55. The lowest BCUT2D eigenvalue weighted by Crippen LogP contribution is -2.46. The van der Waals surface area contributed by atoms with E-state index in [9.17, 15) is 4.79 Å². The number of para-hydroxylation sites is 1. The number of nitrogens with zero attached hydrogens (tertiary/aromatic N) is 2. The van der Waals surface area contributed by atoms with E-state index in [0.717, 1.165) is 37.2 Å². The molecule has 0 unspecified atom stereocenters. The maximum atomic E-state index is 12.5. The average molecular weight is 396 g/mol.